The molecule has 0 radical (unpaired) electrons. The molecule has 0 aliphatic heterocycles. The van der Waals surface area contributed by atoms with Crippen molar-refractivity contribution in [1.82, 2.24) is 0 Å². The minimum absolute atomic E-state index is 0.980. The van der Waals surface area contributed by atoms with Crippen molar-refractivity contribution in [1.29, 1.82) is 0 Å². The first-order valence-electron chi connectivity index (χ1n) is 7.94. The third kappa shape index (κ3) is 5.14. The standard InChI is InChI=1S/C20H24S/c1-3-4-5-7-12-17(2)20(18-13-10-11-14-18)21-19-15-8-6-9-16-19/h6,8-9,15-16H,2-5,10-11,13-14H2,1H3. The molecule has 1 aromatic carbocycles. The van der Waals surface area contributed by atoms with Gasteiger partial charge in [-0.1, -0.05) is 67.3 Å². The van der Waals surface area contributed by atoms with Crippen molar-refractivity contribution in [3.63, 3.8) is 0 Å². The van der Waals surface area contributed by atoms with Crippen LogP contribution in [0.2, 0.25) is 0 Å². The molecular weight excluding hydrogens is 272 g/mol. The zero-order valence-electron chi connectivity index (χ0n) is 13.0. The molecule has 0 saturated heterocycles. The first kappa shape index (κ1) is 16.0. The second-order valence-corrected chi connectivity index (χ2v) is 6.52. The van der Waals surface area contributed by atoms with E-state index in [-0.39, 0.29) is 0 Å². The molecule has 0 nitrogen and oxygen atoms in total. The SMILES string of the molecule is C=C(C#CCCCC)C(Sc1ccccc1)=C1CCCC1. The Balaban J connectivity index is 2.14. The van der Waals surface area contributed by atoms with Gasteiger partial charge in [-0.2, -0.15) is 0 Å². The monoisotopic (exact) mass is 296 g/mol. The highest BCUT2D eigenvalue weighted by Gasteiger charge is 2.15. The summed E-state index contributed by atoms with van der Waals surface area (Å²) in [7, 11) is 0. The lowest BCUT2D eigenvalue weighted by Crippen LogP contribution is -1.88. The summed E-state index contributed by atoms with van der Waals surface area (Å²) in [5.41, 5.74) is 2.57. The van der Waals surface area contributed by atoms with Gasteiger partial charge in [0.1, 0.15) is 0 Å². The fraction of sp³-hybridized carbons (Fsp3) is 0.400. The Hall–Kier alpha value is -1.39. The van der Waals surface area contributed by atoms with Gasteiger partial charge in [0.25, 0.3) is 0 Å². The molecule has 1 aromatic rings. The van der Waals surface area contributed by atoms with E-state index in [9.17, 15) is 0 Å². The third-order valence-electron chi connectivity index (χ3n) is 3.66. The number of rotatable bonds is 5. The summed E-state index contributed by atoms with van der Waals surface area (Å²) in [6.45, 7) is 6.44. The van der Waals surface area contributed by atoms with Crippen LogP contribution in [0.3, 0.4) is 0 Å². The summed E-state index contributed by atoms with van der Waals surface area (Å²) in [5.74, 6) is 6.57. The van der Waals surface area contributed by atoms with Gasteiger partial charge in [-0.25, -0.2) is 0 Å². The minimum atomic E-state index is 0.980. The Kier molecular flexibility index (Phi) is 6.70. The van der Waals surface area contributed by atoms with Crippen LogP contribution in [0.5, 0.6) is 0 Å². The number of unbranched alkanes of at least 4 members (excludes halogenated alkanes) is 2. The largest absolute Gasteiger partial charge is 0.0979 e. The number of hydrogen-bond acceptors (Lipinski definition) is 1. The van der Waals surface area contributed by atoms with Crippen molar-refractivity contribution in [3.8, 4) is 11.8 Å². The molecule has 1 fully saturated rings. The maximum Gasteiger partial charge on any atom is 0.0312 e. The van der Waals surface area contributed by atoms with Crippen molar-refractivity contribution in [3.05, 3.63) is 53.0 Å². The molecule has 0 amide bonds. The zero-order chi connectivity index (χ0) is 14.9. The molecule has 21 heavy (non-hydrogen) atoms. The van der Waals surface area contributed by atoms with Crippen LogP contribution >= 0.6 is 11.8 Å². The van der Waals surface area contributed by atoms with E-state index in [2.05, 4.69) is 55.7 Å². The number of hydrogen-bond donors (Lipinski definition) is 0. The van der Waals surface area contributed by atoms with Crippen molar-refractivity contribution in [2.45, 2.75) is 56.8 Å². The normalized spacial score (nSPS) is 13.7. The van der Waals surface area contributed by atoms with Crippen LogP contribution in [0.25, 0.3) is 0 Å². The molecule has 2 rings (SSSR count). The van der Waals surface area contributed by atoms with Crippen molar-refractivity contribution in [2.75, 3.05) is 0 Å². The van der Waals surface area contributed by atoms with E-state index in [4.69, 9.17) is 0 Å². The van der Waals surface area contributed by atoms with E-state index >= 15 is 0 Å². The lowest BCUT2D eigenvalue weighted by atomic mass is 10.1. The summed E-state index contributed by atoms with van der Waals surface area (Å²) >= 11 is 1.84. The van der Waals surface area contributed by atoms with Gasteiger partial charge >= 0.3 is 0 Å². The average Bonchev–Trinajstić information content (AvgIpc) is 3.04. The third-order valence-corrected chi connectivity index (χ3v) is 4.91. The maximum absolute atomic E-state index is 4.24. The molecule has 0 spiro atoms. The van der Waals surface area contributed by atoms with Crippen molar-refractivity contribution >= 4 is 11.8 Å². The van der Waals surface area contributed by atoms with Gasteiger partial charge < -0.3 is 0 Å². The molecule has 1 saturated carbocycles. The summed E-state index contributed by atoms with van der Waals surface area (Å²) in [6, 6.07) is 10.6. The van der Waals surface area contributed by atoms with Crippen LogP contribution in [0, 0.1) is 11.8 Å². The average molecular weight is 296 g/mol. The molecule has 0 unspecified atom stereocenters. The van der Waals surface area contributed by atoms with E-state index in [1.54, 1.807) is 5.57 Å². The van der Waals surface area contributed by atoms with Crippen LogP contribution in [0.15, 0.2) is 57.9 Å². The second kappa shape index (κ2) is 8.80. The molecule has 1 aliphatic rings. The molecular formula is C20H24S. The number of allylic oxidation sites excluding steroid dienone is 2. The highest BCUT2D eigenvalue weighted by atomic mass is 32.2. The van der Waals surface area contributed by atoms with Gasteiger partial charge in [-0.15, -0.1) is 0 Å². The molecule has 1 heteroatoms. The van der Waals surface area contributed by atoms with E-state index < -0.39 is 0 Å². The molecule has 0 N–H and O–H groups in total. The second-order valence-electron chi connectivity index (χ2n) is 5.44. The first-order chi connectivity index (χ1) is 10.3. The van der Waals surface area contributed by atoms with Crippen LogP contribution in [0.4, 0.5) is 0 Å². The summed E-state index contributed by atoms with van der Waals surface area (Å²) in [4.78, 5) is 2.60. The summed E-state index contributed by atoms with van der Waals surface area (Å²) < 4.78 is 0. The van der Waals surface area contributed by atoms with E-state index in [1.807, 2.05) is 11.8 Å². The fourth-order valence-electron chi connectivity index (χ4n) is 2.47. The van der Waals surface area contributed by atoms with Crippen LogP contribution < -0.4 is 0 Å². The van der Waals surface area contributed by atoms with Gasteiger partial charge in [0.15, 0.2) is 0 Å². The fourth-order valence-corrected chi connectivity index (χ4v) is 3.53. The Labute approximate surface area is 133 Å². The number of benzene rings is 1. The van der Waals surface area contributed by atoms with Crippen molar-refractivity contribution < 1.29 is 0 Å². The topological polar surface area (TPSA) is 0 Å². The molecule has 0 bridgehead atoms. The molecule has 0 heterocycles. The Bertz CT molecular complexity index is 546. The van der Waals surface area contributed by atoms with Crippen LogP contribution in [-0.2, 0) is 0 Å². The predicted octanol–water partition coefficient (Wildman–Crippen LogP) is 6.36. The Morgan fingerprint density at radius 2 is 1.90 bits per heavy atom. The molecule has 0 atom stereocenters. The van der Waals surface area contributed by atoms with Gasteiger partial charge in [-0.05, 0) is 44.2 Å². The zero-order valence-corrected chi connectivity index (χ0v) is 13.8. The first-order valence-corrected chi connectivity index (χ1v) is 8.76. The molecule has 0 aromatic heterocycles. The quantitative estimate of drug-likeness (QED) is 0.346. The Morgan fingerprint density at radius 1 is 1.19 bits per heavy atom. The lowest BCUT2D eigenvalue weighted by molar-refractivity contribution is 0.828. The minimum Gasteiger partial charge on any atom is -0.0979 e. The number of thioether (sulfide) groups is 1. The molecule has 110 valence electrons. The van der Waals surface area contributed by atoms with Crippen LogP contribution in [-0.4, -0.2) is 0 Å². The highest BCUT2D eigenvalue weighted by molar-refractivity contribution is 8.03. The summed E-state index contributed by atoms with van der Waals surface area (Å²) in [5, 5.41) is 0. The predicted molar refractivity (Wildman–Crippen MR) is 94.2 cm³/mol. The van der Waals surface area contributed by atoms with Gasteiger partial charge in [-0.3, -0.25) is 0 Å². The van der Waals surface area contributed by atoms with Gasteiger partial charge in [0, 0.05) is 21.8 Å². The van der Waals surface area contributed by atoms with E-state index in [0.29, 0.717) is 0 Å². The van der Waals surface area contributed by atoms with Gasteiger partial charge in [0.05, 0.1) is 0 Å². The maximum atomic E-state index is 4.24. The van der Waals surface area contributed by atoms with Crippen LogP contribution in [0.1, 0.15) is 51.9 Å². The lowest BCUT2D eigenvalue weighted by Gasteiger charge is -2.10. The smallest absolute Gasteiger partial charge is 0.0312 e. The van der Waals surface area contributed by atoms with Gasteiger partial charge in [0.2, 0.25) is 0 Å². The highest BCUT2D eigenvalue weighted by Crippen LogP contribution is 2.39. The Morgan fingerprint density at radius 3 is 2.57 bits per heavy atom. The van der Waals surface area contributed by atoms with Crippen molar-refractivity contribution in [2.24, 2.45) is 0 Å². The van der Waals surface area contributed by atoms with E-state index in [1.165, 1.54) is 48.3 Å². The summed E-state index contributed by atoms with van der Waals surface area (Å²) in [6.07, 6.45) is 8.41. The molecule has 1 aliphatic carbocycles. The van der Waals surface area contributed by atoms with E-state index in [0.717, 1.165) is 12.0 Å².